The number of ether oxygens (including phenoxy) is 3. The van der Waals surface area contributed by atoms with Gasteiger partial charge in [0, 0.05) is 24.4 Å². The molecule has 7 nitrogen and oxygen atoms in total. The van der Waals surface area contributed by atoms with Gasteiger partial charge in [-0.05, 0) is 49.8 Å². The Morgan fingerprint density at radius 1 is 1.29 bits per heavy atom. The van der Waals surface area contributed by atoms with Gasteiger partial charge in [0.15, 0.2) is 17.7 Å². The fraction of sp³-hybridized carbons (Fsp3) is 0.708. The van der Waals surface area contributed by atoms with E-state index in [1.165, 1.54) is 5.56 Å². The van der Waals surface area contributed by atoms with Gasteiger partial charge in [-0.25, -0.2) is 0 Å². The van der Waals surface area contributed by atoms with Crippen molar-refractivity contribution in [2.24, 2.45) is 10.9 Å². The Hall–Kier alpha value is -1.67. The molecule has 1 aromatic carbocycles. The van der Waals surface area contributed by atoms with E-state index >= 15 is 0 Å². The highest BCUT2D eigenvalue weighted by Crippen LogP contribution is 2.67. The predicted octanol–water partition coefficient (Wildman–Crippen LogP) is 1.66. The van der Waals surface area contributed by atoms with E-state index in [9.17, 15) is 10.2 Å². The van der Waals surface area contributed by atoms with Crippen LogP contribution in [-0.2, 0) is 16.6 Å². The molecule has 2 fully saturated rings. The molecule has 168 valence electrons. The molecule has 2 N–H and O–H groups in total. The summed E-state index contributed by atoms with van der Waals surface area (Å²) in [4.78, 5) is 6.94. The number of likely N-dealkylation sites (tertiary alicyclic amines) is 1. The quantitative estimate of drug-likeness (QED) is 0.759. The summed E-state index contributed by atoms with van der Waals surface area (Å²) in [5.41, 5.74) is 0.130. The number of hydrogen-bond acceptors (Lipinski definition) is 7. The summed E-state index contributed by atoms with van der Waals surface area (Å²) >= 11 is 0. The zero-order valence-electron chi connectivity index (χ0n) is 18.5. The summed E-state index contributed by atoms with van der Waals surface area (Å²) in [5, 5.41) is 22.2. The van der Waals surface area contributed by atoms with E-state index in [2.05, 4.69) is 29.8 Å². The lowest BCUT2D eigenvalue weighted by Crippen LogP contribution is -2.79. The number of rotatable bonds is 4. The molecule has 1 saturated heterocycles. The maximum Gasteiger partial charge on any atom is 0.172 e. The predicted molar refractivity (Wildman–Crippen MR) is 115 cm³/mol. The van der Waals surface area contributed by atoms with E-state index in [1.807, 2.05) is 12.3 Å². The molecule has 1 unspecified atom stereocenters. The third-order valence-electron chi connectivity index (χ3n) is 8.44. The van der Waals surface area contributed by atoms with Crippen molar-refractivity contribution in [2.45, 2.75) is 74.5 Å². The van der Waals surface area contributed by atoms with Crippen LogP contribution in [0.5, 0.6) is 11.5 Å². The topological polar surface area (TPSA) is 83.8 Å². The van der Waals surface area contributed by atoms with E-state index in [4.69, 9.17) is 14.2 Å². The second-order valence-electron chi connectivity index (χ2n) is 10.4. The minimum Gasteiger partial charge on any atom is -0.493 e. The zero-order chi connectivity index (χ0) is 21.6. The monoisotopic (exact) mass is 428 g/mol. The highest BCUT2D eigenvalue weighted by molar-refractivity contribution is 5.76. The Morgan fingerprint density at radius 2 is 2.13 bits per heavy atom. The third-order valence-corrected chi connectivity index (χ3v) is 8.44. The number of benzene rings is 1. The molecule has 5 aliphatic rings. The Morgan fingerprint density at radius 3 is 2.84 bits per heavy atom. The summed E-state index contributed by atoms with van der Waals surface area (Å²) in [6.45, 7) is 6.21. The van der Waals surface area contributed by atoms with Crippen LogP contribution in [0.25, 0.3) is 0 Å². The van der Waals surface area contributed by atoms with Crippen molar-refractivity contribution in [2.75, 3.05) is 26.8 Å². The van der Waals surface area contributed by atoms with Gasteiger partial charge in [-0.2, -0.15) is 0 Å². The summed E-state index contributed by atoms with van der Waals surface area (Å²) in [7, 11) is 1.66. The first-order valence-corrected chi connectivity index (χ1v) is 11.5. The highest BCUT2D eigenvalue weighted by atomic mass is 16.6. The van der Waals surface area contributed by atoms with Gasteiger partial charge in [0.25, 0.3) is 0 Å². The number of nitrogens with zero attached hydrogens (tertiary/aromatic N) is 2. The number of aliphatic imine (C=N–C) groups is 1. The summed E-state index contributed by atoms with van der Waals surface area (Å²) in [6.07, 6.45) is 3.72. The van der Waals surface area contributed by atoms with E-state index in [0.29, 0.717) is 24.5 Å². The van der Waals surface area contributed by atoms with Crippen molar-refractivity contribution >= 4 is 6.21 Å². The van der Waals surface area contributed by atoms with Crippen LogP contribution < -0.4 is 9.47 Å². The molecule has 0 aromatic heterocycles. The number of hydrogen-bond donors (Lipinski definition) is 2. The molecule has 1 saturated carbocycles. The lowest BCUT2D eigenvalue weighted by molar-refractivity contribution is -0.233. The van der Waals surface area contributed by atoms with Gasteiger partial charge in [-0.15, -0.1) is 0 Å². The van der Waals surface area contributed by atoms with Crippen molar-refractivity contribution in [1.29, 1.82) is 0 Å². The van der Waals surface area contributed by atoms with Gasteiger partial charge >= 0.3 is 0 Å². The average molecular weight is 429 g/mol. The van der Waals surface area contributed by atoms with E-state index in [1.54, 1.807) is 7.11 Å². The fourth-order valence-corrected chi connectivity index (χ4v) is 7.36. The lowest BCUT2D eigenvalue weighted by Gasteiger charge is -2.65. The van der Waals surface area contributed by atoms with Crippen molar-refractivity contribution in [3.05, 3.63) is 23.3 Å². The standard InChI is InChI=1S/C24H32N2O5/c1-14(2)11-26-9-8-23-19-15-4-5-16(29-3)20(19)30-21(23)22(13-25-18(12-27)31-22)6-7-24(23,28)17(26)10-15/h4-5,13-14,17-18,21,27-28H,6-12H2,1-3H3/t17-,18?,21+,22-,23+,24-/m1/s1. The molecule has 1 aromatic rings. The van der Waals surface area contributed by atoms with E-state index in [0.717, 1.165) is 37.2 Å². The van der Waals surface area contributed by atoms with Crippen LogP contribution >= 0.6 is 0 Å². The number of aliphatic hydroxyl groups is 2. The van der Waals surface area contributed by atoms with Crippen LogP contribution in [0.1, 0.15) is 44.2 Å². The van der Waals surface area contributed by atoms with E-state index in [-0.39, 0.29) is 12.6 Å². The summed E-state index contributed by atoms with van der Waals surface area (Å²) in [6, 6.07) is 4.19. The number of methoxy groups -OCH3 is 1. The molecule has 2 bridgehead atoms. The van der Waals surface area contributed by atoms with Crippen molar-refractivity contribution in [3.8, 4) is 11.5 Å². The Kier molecular flexibility index (Phi) is 4.15. The van der Waals surface area contributed by atoms with Gasteiger partial charge in [0.1, 0.15) is 11.7 Å². The molecular formula is C24H32N2O5. The maximum absolute atomic E-state index is 12.5. The average Bonchev–Trinajstić information content (AvgIpc) is 3.32. The molecule has 31 heavy (non-hydrogen) atoms. The van der Waals surface area contributed by atoms with Crippen LogP contribution in [-0.4, -0.2) is 77.7 Å². The first kappa shape index (κ1) is 20.0. The second kappa shape index (κ2) is 6.44. The van der Waals surface area contributed by atoms with Crippen LogP contribution in [0.3, 0.4) is 0 Å². The normalized spacial score (nSPS) is 42.2. The van der Waals surface area contributed by atoms with Gasteiger partial charge < -0.3 is 24.4 Å². The molecule has 0 radical (unpaired) electrons. The number of piperidine rings is 1. The highest BCUT2D eigenvalue weighted by Gasteiger charge is 2.76. The number of aliphatic hydroxyl groups excluding tert-OH is 1. The molecule has 2 spiro atoms. The van der Waals surface area contributed by atoms with Crippen LogP contribution in [0.15, 0.2) is 17.1 Å². The van der Waals surface area contributed by atoms with Gasteiger partial charge in [0.05, 0.1) is 24.7 Å². The Bertz CT molecular complexity index is 950. The minimum atomic E-state index is -0.908. The van der Waals surface area contributed by atoms with E-state index < -0.39 is 28.9 Å². The molecule has 3 heterocycles. The van der Waals surface area contributed by atoms with Gasteiger partial charge in [0.2, 0.25) is 0 Å². The first-order chi connectivity index (χ1) is 14.9. The van der Waals surface area contributed by atoms with Crippen molar-refractivity contribution in [3.63, 3.8) is 0 Å². The largest absolute Gasteiger partial charge is 0.493 e. The number of fused-ring (bicyclic) bond motifs is 1. The molecule has 3 aliphatic heterocycles. The maximum atomic E-state index is 12.5. The van der Waals surface area contributed by atoms with Gasteiger partial charge in [-0.1, -0.05) is 19.9 Å². The molecule has 0 amide bonds. The molecule has 2 aliphatic carbocycles. The van der Waals surface area contributed by atoms with Crippen LogP contribution in [0.2, 0.25) is 0 Å². The Labute approximate surface area is 183 Å². The summed E-state index contributed by atoms with van der Waals surface area (Å²) in [5.74, 6) is 1.99. The smallest absolute Gasteiger partial charge is 0.172 e. The van der Waals surface area contributed by atoms with Gasteiger partial charge in [-0.3, -0.25) is 9.89 Å². The van der Waals surface area contributed by atoms with Crippen LogP contribution in [0.4, 0.5) is 0 Å². The molecule has 6 atom stereocenters. The fourth-order valence-electron chi connectivity index (χ4n) is 7.36. The second-order valence-corrected chi connectivity index (χ2v) is 10.4. The van der Waals surface area contributed by atoms with Crippen LogP contribution in [0, 0.1) is 5.92 Å². The summed E-state index contributed by atoms with van der Waals surface area (Å²) < 4.78 is 18.7. The third kappa shape index (κ3) is 2.30. The van der Waals surface area contributed by atoms with Crippen molar-refractivity contribution in [1.82, 2.24) is 4.90 Å². The minimum absolute atomic E-state index is 0.0472. The molecular weight excluding hydrogens is 396 g/mol. The van der Waals surface area contributed by atoms with Crippen molar-refractivity contribution < 1.29 is 24.4 Å². The SMILES string of the molecule is COc1ccc2c3c1O[C@@H]1[C@]34CCN(CC(C)C)[C@H](C2)[C@]4(O)CC[C@@]12C=NC(CO)O2. The lowest BCUT2D eigenvalue weighted by atomic mass is 9.46. The molecule has 7 heteroatoms. The Balaban J connectivity index is 1.55. The zero-order valence-corrected chi connectivity index (χ0v) is 18.5. The molecule has 6 rings (SSSR count). The first-order valence-electron chi connectivity index (χ1n) is 11.5.